The van der Waals surface area contributed by atoms with Crippen LogP contribution in [0, 0.1) is 5.92 Å². The van der Waals surface area contributed by atoms with Crippen LogP contribution in [0.4, 0.5) is 5.69 Å². The van der Waals surface area contributed by atoms with Gasteiger partial charge in [-0.15, -0.1) is 0 Å². The Morgan fingerprint density at radius 2 is 1.91 bits per heavy atom. The second-order valence-corrected chi connectivity index (χ2v) is 6.47. The first-order valence-corrected chi connectivity index (χ1v) is 7.17. The maximum absolute atomic E-state index is 12.2. The van der Waals surface area contributed by atoms with Crippen LogP contribution in [0.25, 0.3) is 0 Å². The molecule has 1 aliphatic rings. The molecule has 1 atom stereocenters. The molecule has 0 aromatic heterocycles. The third-order valence-electron chi connectivity index (χ3n) is 3.62. The molecule has 1 fully saturated rings. The fraction of sp³-hybridized carbons (Fsp3) is 0.438. The van der Waals surface area contributed by atoms with E-state index in [9.17, 15) is 14.4 Å². The largest absolute Gasteiger partial charge is 0.326 e. The summed E-state index contributed by atoms with van der Waals surface area (Å²) in [7, 11) is 1.47. The molecule has 118 valence electrons. The molecule has 1 aliphatic heterocycles. The highest BCUT2D eigenvalue weighted by Gasteiger charge is 2.38. The summed E-state index contributed by atoms with van der Waals surface area (Å²) in [5, 5.41) is 3.92. The van der Waals surface area contributed by atoms with Crippen LogP contribution in [0.2, 0.25) is 0 Å². The van der Waals surface area contributed by atoms with Crippen molar-refractivity contribution in [2.24, 2.45) is 5.92 Å². The van der Waals surface area contributed by atoms with Gasteiger partial charge >= 0.3 is 0 Å². The molecule has 1 aromatic carbocycles. The molecule has 0 bridgehead atoms. The topological polar surface area (TPSA) is 78.5 Å². The monoisotopic (exact) mass is 303 g/mol. The zero-order chi connectivity index (χ0) is 16.5. The number of rotatable bonds is 3. The lowest BCUT2D eigenvalue weighted by Crippen LogP contribution is -2.31. The summed E-state index contributed by atoms with van der Waals surface area (Å²) >= 11 is 0. The number of hydrogen-bond donors (Lipinski definition) is 2. The highest BCUT2D eigenvalue weighted by molar-refractivity contribution is 6.08. The number of carbonyl (C=O) groups excluding carboxylic acids is 3. The number of nitrogens with one attached hydrogen (secondary N) is 2. The van der Waals surface area contributed by atoms with Gasteiger partial charge in [0, 0.05) is 19.2 Å². The Labute approximate surface area is 129 Å². The third-order valence-corrected chi connectivity index (χ3v) is 3.62. The summed E-state index contributed by atoms with van der Waals surface area (Å²) in [6, 6.07) is 7.53. The van der Waals surface area contributed by atoms with E-state index < -0.39 is 11.8 Å². The number of para-hydroxylation sites is 1. The minimum absolute atomic E-state index is 0.120. The third kappa shape index (κ3) is 3.27. The minimum atomic E-state index is -0.952. The zero-order valence-corrected chi connectivity index (χ0v) is 13.3. The molecule has 1 aromatic rings. The highest BCUT2D eigenvalue weighted by atomic mass is 16.2. The average molecular weight is 303 g/mol. The number of hydrogen-bond acceptors (Lipinski definition) is 3. The molecule has 6 nitrogen and oxygen atoms in total. The van der Waals surface area contributed by atoms with Crippen LogP contribution in [0.3, 0.4) is 0 Å². The van der Waals surface area contributed by atoms with Gasteiger partial charge in [0.2, 0.25) is 5.91 Å². The first-order valence-electron chi connectivity index (χ1n) is 7.17. The highest BCUT2D eigenvalue weighted by Crippen LogP contribution is 2.29. The molecular weight excluding hydrogens is 282 g/mol. The van der Waals surface area contributed by atoms with Gasteiger partial charge in [0.1, 0.15) is 5.92 Å². The molecule has 22 heavy (non-hydrogen) atoms. The smallest absolute Gasteiger partial charge is 0.253 e. The Morgan fingerprint density at radius 3 is 2.45 bits per heavy atom. The van der Waals surface area contributed by atoms with E-state index in [0.717, 1.165) is 10.6 Å². The molecule has 0 aliphatic carbocycles. The van der Waals surface area contributed by atoms with Crippen LogP contribution in [-0.4, -0.2) is 29.8 Å². The Morgan fingerprint density at radius 1 is 1.27 bits per heavy atom. The molecule has 0 radical (unpaired) electrons. The molecular formula is C16H21N3O3. The normalized spacial score (nSPS) is 18.4. The minimum Gasteiger partial charge on any atom is -0.326 e. The lowest BCUT2D eigenvalue weighted by molar-refractivity contribution is -0.134. The second kappa shape index (κ2) is 5.79. The van der Waals surface area contributed by atoms with E-state index in [0.29, 0.717) is 5.69 Å². The fourth-order valence-electron chi connectivity index (χ4n) is 2.46. The molecule has 3 amide bonds. The molecule has 1 unspecified atom stereocenters. The van der Waals surface area contributed by atoms with Crippen LogP contribution in [0.5, 0.6) is 0 Å². The molecule has 2 N–H and O–H groups in total. The predicted molar refractivity (Wildman–Crippen MR) is 82.8 cm³/mol. The summed E-state index contributed by atoms with van der Waals surface area (Å²) in [5.74, 6) is -2.12. The zero-order valence-electron chi connectivity index (χ0n) is 13.3. The van der Waals surface area contributed by atoms with Gasteiger partial charge in [-0.1, -0.05) is 39.0 Å². The van der Waals surface area contributed by atoms with E-state index in [1.165, 1.54) is 7.05 Å². The van der Waals surface area contributed by atoms with E-state index in [4.69, 9.17) is 0 Å². The van der Waals surface area contributed by atoms with Crippen LogP contribution in [0.15, 0.2) is 24.3 Å². The molecule has 2 rings (SSSR count). The van der Waals surface area contributed by atoms with Crippen molar-refractivity contribution in [1.82, 2.24) is 10.4 Å². The van der Waals surface area contributed by atoms with Crippen molar-refractivity contribution in [3.63, 3.8) is 0 Å². The number of benzene rings is 1. The molecule has 1 heterocycles. The number of hydrazine groups is 1. The molecule has 0 spiro atoms. The number of amides is 3. The van der Waals surface area contributed by atoms with E-state index >= 15 is 0 Å². The van der Waals surface area contributed by atoms with Crippen molar-refractivity contribution >= 4 is 23.4 Å². The van der Waals surface area contributed by atoms with E-state index in [-0.39, 0.29) is 23.7 Å². The molecule has 1 saturated heterocycles. The van der Waals surface area contributed by atoms with Gasteiger partial charge in [-0.25, -0.2) is 0 Å². The van der Waals surface area contributed by atoms with Gasteiger partial charge < -0.3 is 5.32 Å². The van der Waals surface area contributed by atoms with Gasteiger partial charge in [0.15, 0.2) is 0 Å². The van der Waals surface area contributed by atoms with Crippen molar-refractivity contribution in [3.8, 4) is 0 Å². The maximum atomic E-state index is 12.2. The summed E-state index contributed by atoms with van der Waals surface area (Å²) < 4.78 is 0. The second-order valence-electron chi connectivity index (χ2n) is 6.47. The van der Waals surface area contributed by atoms with Gasteiger partial charge in [-0.3, -0.25) is 24.8 Å². The fourth-order valence-corrected chi connectivity index (χ4v) is 2.46. The van der Waals surface area contributed by atoms with Gasteiger partial charge in [-0.05, 0) is 17.0 Å². The van der Waals surface area contributed by atoms with Crippen molar-refractivity contribution in [2.45, 2.75) is 32.6 Å². The lowest BCUT2D eigenvalue weighted by atomic mass is 9.86. The Bertz CT molecular complexity index is 619. The van der Waals surface area contributed by atoms with E-state index in [1.807, 2.05) is 24.3 Å². The van der Waals surface area contributed by atoms with Gasteiger partial charge in [-0.2, -0.15) is 0 Å². The standard InChI is InChI=1S/C16H21N3O3/c1-16(2,3)11-7-5-6-8-12(11)17-13(20)9-10-14(21)18-19(4)15(10)22/h5-8,10H,9H2,1-4H3,(H,17,20)(H,18,21). The first-order chi connectivity index (χ1) is 10.2. The number of anilines is 1. The van der Waals surface area contributed by atoms with Crippen LogP contribution >= 0.6 is 0 Å². The van der Waals surface area contributed by atoms with Crippen LogP contribution < -0.4 is 10.7 Å². The molecule has 6 heteroatoms. The van der Waals surface area contributed by atoms with E-state index in [2.05, 4.69) is 31.5 Å². The lowest BCUT2D eigenvalue weighted by Gasteiger charge is -2.23. The number of nitrogens with zero attached hydrogens (tertiary/aromatic N) is 1. The average Bonchev–Trinajstić information content (AvgIpc) is 2.65. The predicted octanol–water partition coefficient (Wildman–Crippen LogP) is 1.43. The van der Waals surface area contributed by atoms with E-state index in [1.54, 1.807) is 0 Å². The summed E-state index contributed by atoms with van der Waals surface area (Å²) in [5.41, 5.74) is 3.98. The number of carbonyl (C=O) groups is 3. The first kappa shape index (κ1) is 16.0. The Hall–Kier alpha value is -2.37. The van der Waals surface area contributed by atoms with Gasteiger partial charge in [0.05, 0.1) is 0 Å². The van der Waals surface area contributed by atoms with Gasteiger partial charge in [0.25, 0.3) is 11.8 Å². The van der Waals surface area contributed by atoms with Crippen molar-refractivity contribution in [1.29, 1.82) is 0 Å². The van der Waals surface area contributed by atoms with Crippen molar-refractivity contribution < 1.29 is 14.4 Å². The summed E-state index contributed by atoms with van der Waals surface area (Å²) in [6.45, 7) is 6.17. The molecule has 0 saturated carbocycles. The van der Waals surface area contributed by atoms with Crippen molar-refractivity contribution in [3.05, 3.63) is 29.8 Å². The Balaban J connectivity index is 2.11. The quantitative estimate of drug-likeness (QED) is 0.829. The van der Waals surface area contributed by atoms with Crippen molar-refractivity contribution in [2.75, 3.05) is 12.4 Å². The van der Waals surface area contributed by atoms with Crippen LogP contribution in [-0.2, 0) is 19.8 Å². The van der Waals surface area contributed by atoms with Crippen LogP contribution in [0.1, 0.15) is 32.8 Å². The summed E-state index contributed by atoms with van der Waals surface area (Å²) in [6.07, 6.45) is -0.159. The Kier molecular flexibility index (Phi) is 4.21. The summed E-state index contributed by atoms with van der Waals surface area (Å²) in [4.78, 5) is 35.6. The SMILES string of the molecule is CN1NC(=O)C(CC(=O)Nc2ccccc2C(C)(C)C)C1=O. The maximum Gasteiger partial charge on any atom is 0.253 e.